The molecule has 0 rings (SSSR count). The van der Waals surface area contributed by atoms with Gasteiger partial charge in [-0.1, -0.05) is 178 Å². The lowest BCUT2D eigenvalue weighted by atomic mass is 10.1. The van der Waals surface area contributed by atoms with E-state index in [9.17, 15) is 0 Å². The van der Waals surface area contributed by atoms with Gasteiger partial charge in [0, 0.05) is 0 Å². The molecule has 0 nitrogen and oxygen atoms in total. The Hall–Kier alpha value is -3.90. The fraction of sp³-hybridized carbons (Fsp3) is 0.333. The van der Waals surface area contributed by atoms with Crippen LogP contribution in [0, 0.1) is 0 Å². The molecular weight excluding hydrogens is 540 g/mol. The monoisotopic (exact) mass is 602 g/mol. The third kappa shape index (κ3) is 28.6. The average molecular weight is 603 g/mol. The van der Waals surface area contributed by atoms with E-state index in [-0.39, 0.29) is 0 Å². The molecule has 0 bridgehead atoms. The molecule has 0 aliphatic heterocycles. The van der Waals surface area contributed by atoms with E-state index >= 15 is 0 Å². The van der Waals surface area contributed by atoms with E-state index in [0.717, 1.165) is 25.7 Å². The van der Waals surface area contributed by atoms with Gasteiger partial charge in [0.2, 0.25) is 0 Å². The first-order valence-electron chi connectivity index (χ1n) is 16.4. The third-order valence-electron chi connectivity index (χ3n) is 6.65. The molecule has 0 fully saturated rings. The summed E-state index contributed by atoms with van der Waals surface area (Å²) in [7, 11) is 0. The SMILES string of the molecule is CC(C)=CCC/C(C)=C/C=C/C(C)=C/C=C/C(C)=C/C=C/C=C(C)/C=C/C=C(C)/C=C/C=C(C)/C=C/C=C(\C)CCC=C(C)C. The normalized spacial score (nSPS) is 15.3. The van der Waals surface area contributed by atoms with Crippen molar-refractivity contribution in [2.45, 2.75) is 102 Å². The van der Waals surface area contributed by atoms with Gasteiger partial charge in [-0.25, -0.2) is 0 Å². The predicted molar refractivity (Wildman–Crippen MR) is 208 cm³/mol. The fourth-order valence-electron chi connectivity index (χ4n) is 3.82. The van der Waals surface area contributed by atoms with Crippen molar-refractivity contribution < 1.29 is 0 Å². The minimum absolute atomic E-state index is 1.11. The summed E-state index contributed by atoms with van der Waals surface area (Å²) in [4.78, 5) is 0. The summed E-state index contributed by atoms with van der Waals surface area (Å²) in [6.45, 7) is 23.6. The van der Waals surface area contributed by atoms with Crippen LogP contribution >= 0.6 is 0 Å². The summed E-state index contributed by atoms with van der Waals surface area (Å²) >= 11 is 0. The Morgan fingerprint density at radius 2 is 0.556 bits per heavy atom. The minimum atomic E-state index is 1.11. The number of hydrogen-bond donors (Lipinski definition) is 0. The lowest BCUT2D eigenvalue weighted by molar-refractivity contribution is 0.967. The Kier molecular flexibility index (Phi) is 24.2. The third-order valence-corrected chi connectivity index (χ3v) is 6.65. The Morgan fingerprint density at radius 1 is 0.311 bits per heavy atom. The molecule has 0 spiro atoms. The van der Waals surface area contributed by atoms with Crippen LogP contribution in [0.1, 0.15) is 102 Å². The predicted octanol–water partition coefficient (Wildman–Crippen LogP) is 14.4. The van der Waals surface area contributed by atoms with Crippen molar-refractivity contribution >= 4 is 0 Å². The zero-order valence-electron chi connectivity index (χ0n) is 30.5. The van der Waals surface area contributed by atoms with Crippen LogP contribution in [0.3, 0.4) is 0 Å². The number of rotatable bonds is 18. The standard InChI is InChI=1S/C45H62/c1-37(2)21-14-25-41(7)29-18-33-43(9)31-16-27-39(5)23-12-13-24-40(6)28-17-32-44(10)35-20-36-45(11)34-19-30-42(8)26-15-22-38(3)4/h12-13,16-24,27-36H,14-15,25-26H2,1-11H3/b13-12+,27-16+,28-17+,33-18+,34-19+,35-20+,39-23+,40-24+,41-29+,42-30+,43-31+,44-32+,45-36+. The van der Waals surface area contributed by atoms with Crippen molar-refractivity contribution in [3.63, 3.8) is 0 Å². The largest absolute Gasteiger partial charge is 0.0856 e. The summed E-state index contributed by atoms with van der Waals surface area (Å²) in [6, 6.07) is 0. The van der Waals surface area contributed by atoms with Crippen molar-refractivity contribution in [3.8, 4) is 0 Å². The maximum Gasteiger partial charge on any atom is -0.0285 e. The molecule has 0 heteroatoms. The second-order valence-electron chi connectivity index (χ2n) is 12.4. The second kappa shape index (κ2) is 26.5. The molecule has 0 radical (unpaired) electrons. The molecule has 0 saturated heterocycles. The van der Waals surface area contributed by atoms with Gasteiger partial charge in [0.05, 0.1) is 0 Å². The van der Waals surface area contributed by atoms with Crippen LogP contribution in [0.4, 0.5) is 0 Å². The lowest BCUT2D eigenvalue weighted by Crippen LogP contribution is -1.76. The van der Waals surface area contributed by atoms with Crippen molar-refractivity contribution in [1.82, 2.24) is 0 Å². The smallest absolute Gasteiger partial charge is 0.0285 e. The Morgan fingerprint density at radius 3 is 0.822 bits per heavy atom. The molecule has 45 heavy (non-hydrogen) atoms. The van der Waals surface area contributed by atoms with E-state index in [1.54, 1.807) is 0 Å². The van der Waals surface area contributed by atoms with Gasteiger partial charge >= 0.3 is 0 Å². The second-order valence-corrected chi connectivity index (χ2v) is 12.4. The number of hydrogen-bond acceptors (Lipinski definition) is 0. The van der Waals surface area contributed by atoms with Crippen LogP contribution in [0.5, 0.6) is 0 Å². The Balaban J connectivity index is 4.77. The van der Waals surface area contributed by atoms with Gasteiger partial charge in [-0.3, -0.25) is 0 Å². The van der Waals surface area contributed by atoms with Gasteiger partial charge in [-0.2, -0.15) is 0 Å². The van der Waals surface area contributed by atoms with E-state index in [4.69, 9.17) is 0 Å². The van der Waals surface area contributed by atoms with E-state index in [1.165, 1.54) is 50.2 Å². The quantitative estimate of drug-likeness (QED) is 0.108. The highest BCUT2D eigenvalue weighted by atomic mass is 14.0. The van der Waals surface area contributed by atoms with E-state index < -0.39 is 0 Å². The molecule has 0 aliphatic rings. The molecule has 0 saturated carbocycles. The Labute approximate surface area is 278 Å². The average Bonchev–Trinajstić information content (AvgIpc) is 2.95. The summed E-state index contributed by atoms with van der Waals surface area (Å²) in [5, 5.41) is 0. The molecule has 242 valence electrons. The first kappa shape index (κ1) is 41.1. The molecule has 0 aliphatic carbocycles. The summed E-state index contributed by atoms with van der Waals surface area (Å²) in [5.74, 6) is 0. The highest BCUT2D eigenvalue weighted by molar-refractivity contribution is 5.33. The van der Waals surface area contributed by atoms with Gasteiger partial charge in [0.1, 0.15) is 0 Å². The van der Waals surface area contributed by atoms with E-state index in [1.807, 2.05) is 0 Å². The molecule has 0 amide bonds. The van der Waals surface area contributed by atoms with Crippen LogP contribution in [0.25, 0.3) is 0 Å². The minimum Gasteiger partial charge on any atom is -0.0856 e. The fourth-order valence-corrected chi connectivity index (χ4v) is 3.82. The summed E-state index contributed by atoms with van der Waals surface area (Å²) in [6.07, 6.45) is 49.7. The first-order chi connectivity index (χ1) is 21.4. The Bertz CT molecular complexity index is 1340. The van der Waals surface area contributed by atoms with Crippen LogP contribution in [0.2, 0.25) is 0 Å². The van der Waals surface area contributed by atoms with Crippen molar-refractivity contribution in [2.24, 2.45) is 0 Å². The van der Waals surface area contributed by atoms with E-state index in [2.05, 4.69) is 204 Å². The van der Waals surface area contributed by atoms with Crippen molar-refractivity contribution in [2.75, 3.05) is 0 Å². The van der Waals surface area contributed by atoms with Crippen LogP contribution in [-0.4, -0.2) is 0 Å². The molecule has 0 heterocycles. The lowest BCUT2D eigenvalue weighted by Gasteiger charge is -1.96. The van der Waals surface area contributed by atoms with Crippen LogP contribution in [0.15, 0.2) is 178 Å². The van der Waals surface area contributed by atoms with Crippen molar-refractivity contribution in [3.05, 3.63) is 178 Å². The van der Waals surface area contributed by atoms with Gasteiger partial charge in [0.15, 0.2) is 0 Å². The van der Waals surface area contributed by atoms with Crippen LogP contribution < -0.4 is 0 Å². The first-order valence-corrected chi connectivity index (χ1v) is 16.4. The van der Waals surface area contributed by atoms with Gasteiger partial charge in [-0.15, -0.1) is 0 Å². The van der Waals surface area contributed by atoms with Gasteiger partial charge in [0.25, 0.3) is 0 Å². The number of allylic oxidation sites excluding steroid dienone is 30. The molecule has 0 aromatic heterocycles. The maximum absolute atomic E-state index is 2.30. The molecular formula is C45H62. The maximum atomic E-state index is 2.30. The van der Waals surface area contributed by atoms with Crippen molar-refractivity contribution in [1.29, 1.82) is 0 Å². The molecule has 0 aromatic carbocycles. The molecule has 0 N–H and O–H groups in total. The topological polar surface area (TPSA) is 0 Å². The molecule has 0 atom stereocenters. The zero-order chi connectivity index (χ0) is 33.9. The summed E-state index contributed by atoms with van der Waals surface area (Å²) in [5.41, 5.74) is 11.7. The van der Waals surface area contributed by atoms with Gasteiger partial charge < -0.3 is 0 Å². The molecule has 0 unspecified atom stereocenters. The highest BCUT2D eigenvalue weighted by Gasteiger charge is 1.89. The van der Waals surface area contributed by atoms with Gasteiger partial charge in [-0.05, 0) is 102 Å². The summed E-state index contributed by atoms with van der Waals surface area (Å²) < 4.78 is 0. The zero-order valence-corrected chi connectivity index (χ0v) is 30.5. The molecule has 0 aromatic rings. The highest BCUT2D eigenvalue weighted by Crippen LogP contribution is 2.09. The van der Waals surface area contributed by atoms with Crippen LogP contribution in [-0.2, 0) is 0 Å². The van der Waals surface area contributed by atoms with E-state index in [0.29, 0.717) is 0 Å².